The van der Waals surface area contributed by atoms with E-state index < -0.39 is 10.9 Å². The van der Waals surface area contributed by atoms with E-state index in [1.165, 1.54) is 12.8 Å². The Morgan fingerprint density at radius 3 is 2.48 bits per heavy atom. The van der Waals surface area contributed by atoms with Crippen molar-refractivity contribution < 1.29 is 4.74 Å². The second-order valence-corrected chi connectivity index (χ2v) is 7.67. The van der Waals surface area contributed by atoms with E-state index in [1.807, 2.05) is 11.9 Å². The predicted octanol–water partition coefficient (Wildman–Crippen LogP) is 2.37. The molecule has 0 bridgehead atoms. The van der Waals surface area contributed by atoms with Crippen molar-refractivity contribution in [3.8, 4) is 0 Å². The molecule has 27 heavy (non-hydrogen) atoms. The summed E-state index contributed by atoms with van der Waals surface area (Å²) in [6.07, 6.45) is 7.73. The van der Waals surface area contributed by atoms with E-state index in [2.05, 4.69) is 19.9 Å². The Hall–Kier alpha value is -1.90. The highest BCUT2D eigenvalue weighted by atomic mass is 32.2. The maximum atomic E-state index is 11.8. The predicted molar refractivity (Wildman–Crippen MR) is 111 cm³/mol. The lowest BCUT2D eigenvalue weighted by atomic mass is 10.1. The monoisotopic (exact) mass is 390 g/mol. The molecule has 1 fully saturated rings. The number of unbranched alkanes of at least 4 members (excludes halogenated alkanes) is 3. The fourth-order valence-corrected chi connectivity index (χ4v) is 3.92. The van der Waals surface area contributed by atoms with Crippen LogP contribution in [0, 0.1) is 0 Å². The van der Waals surface area contributed by atoms with Gasteiger partial charge in [-0.25, -0.2) is 4.31 Å². The highest BCUT2D eigenvalue weighted by molar-refractivity contribution is 7.97. The Balaban J connectivity index is 1.30. The van der Waals surface area contributed by atoms with Crippen molar-refractivity contribution in [1.29, 1.82) is 0 Å². The fourth-order valence-electron chi connectivity index (χ4n) is 2.92. The summed E-state index contributed by atoms with van der Waals surface area (Å²) in [7, 11) is 0. The molecule has 0 radical (unpaired) electrons. The van der Waals surface area contributed by atoms with Crippen LogP contribution in [0.5, 0.6) is 0 Å². The van der Waals surface area contributed by atoms with E-state index in [1.54, 1.807) is 24.5 Å². The largest absolute Gasteiger partial charge is 0.380 e. The molecule has 0 saturated carbocycles. The summed E-state index contributed by atoms with van der Waals surface area (Å²) in [6, 6.07) is 3.52. The molecule has 0 aliphatic carbocycles. The molecule has 0 spiro atoms. The van der Waals surface area contributed by atoms with E-state index >= 15 is 0 Å². The van der Waals surface area contributed by atoms with Crippen molar-refractivity contribution in [2.75, 3.05) is 49.2 Å². The Morgan fingerprint density at radius 2 is 1.70 bits per heavy atom. The summed E-state index contributed by atoms with van der Waals surface area (Å²) in [5.41, 5.74) is 0.605. The number of rotatable bonds is 11. The smallest absolute Gasteiger partial charge is 0.253 e. The van der Waals surface area contributed by atoms with Crippen molar-refractivity contribution in [1.82, 2.24) is 9.29 Å². The minimum Gasteiger partial charge on any atom is -0.380 e. The molecule has 1 saturated heterocycles. The molecule has 3 rings (SSSR count). The average molecular weight is 391 g/mol. The van der Waals surface area contributed by atoms with Crippen LogP contribution in [-0.4, -0.2) is 47.9 Å². The second-order valence-electron chi connectivity index (χ2n) is 6.48. The fraction of sp³-hybridized carbons (Fsp3) is 0.526. The number of pyridine rings is 1. The zero-order valence-corrected chi connectivity index (χ0v) is 16.2. The number of nitrogens with zero attached hydrogens (tertiary/aromatic N) is 2. The quantitative estimate of drug-likeness (QED) is 0.344. The van der Waals surface area contributed by atoms with Gasteiger partial charge in [0.2, 0.25) is 0 Å². The third kappa shape index (κ3) is 5.79. The van der Waals surface area contributed by atoms with Crippen molar-refractivity contribution in [3.63, 3.8) is 0 Å². The molecule has 0 unspecified atom stereocenters. The Morgan fingerprint density at radius 1 is 1.00 bits per heavy atom. The van der Waals surface area contributed by atoms with E-state index in [0.29, 0.717) is 17.9 Å². The minimum absolute atomic E-state index is 0.355. The highest BCUT2D eigenvalue weighted by Crippen LogP contribution is 2.20. The van der Waals surface area contributed by atoms with Gasteiger partial charge >= 0.3 is 0 Å². The van der Waals surface area contributed by atoms with Crippen LogP contribution in [0.1, 0.15) is 25.7 Å². The Kier molecular flexibility index (Phi) is 7.67. The van der Waals surface area contributed by atoms with Crippen LogP contribution in [0.2, 0.25) is 0 Å². The summed E-state index contributed by atoms with van der Waals surface area (Å²) in [5, 5.41) is 6.12. The van der Waals surface area contributed by atoms with Crippen molar-refractivity contribution in [2.45, 2.75) is 25.7 Å². The van der Waals surface area contributed by atoms with Gasteiger partial charge in [-0.1, -0.05) is 24.8 Å². The van der Waals surface area contributed by atoms with Crippen LogP contribution in [0.3, 0.4) is 0 Å². The number of hydrogen-bond donors (Lipinski definition) is 2. The lowest BCUT2D eigenvalue weighted by Crippen LogP contribution is -2.36. The number of morpholine rings is 1. The first-order valence-corrected chi connectivity index (χ1v) is 10.4. The topological polar surface area (TPSA) is 83.6 Å². The summed E-state index contributed by atoms with van der Waals surface area (Å²) in [4.78, 5) is 27.5. The summed E-state index contributed by atoms with van der Waals surface area (Å²) >= 11 is 1.92. The van der Waals surface area contributed by atoms with Crippen molar-refractivity contribution >= 4 is 29.0 Å². The molecule has 0 atom stereocenters. The van der Waals surface area contributed by atoms with Crippen LogP contribution >= 0.6 is 11.9 Å². The molecule has 0 amide bonds. The molecule has 8 heteroatoms. The standard InChI is InChI=1S/C19H26N4O3S/c24-18-16(17(19(18)25)22-15-5-8-20-9-6-15)21-7-3-1-2-4-14-27-23-10-12-26-13-11-23/h5-6,8-9,21H,1-4,7,10-14H2,(H,20,22). The van der Waals surface area contributed by atoms with E-state index in [9.17, 15) is 9.59 Å². The number of aromatic nitrogens is 1. The zero-order chi connectivity index (χ0) is 18.9. The number of hydrogen-bond acceptors (Lipinski definition) is 8. The van der Waals surface area contributed by atoms with Gasteiger partial charge in [0.15, 0.2) is 0 Å². The SMILES string of the molecule is O=c1c(NCCCCCCSN2CCOCC2)c(Nc2ccncc2)c1=O. The van der Waals surface area contributed by atoms with Crippen LogP contribution in [0.15, 0.2) is 34.1 Å². The lowest BCUT2D eigenvalue weighted by molar-refractivity contribution is 0.0773. The van der Waals surface area contributed by atoms with Crippen LogP contribution in [0.4, 0.5) is 17.1 Å². The Bertz CT molecular complexity index is 771. The van der Waals surface area contributed by atoms with Gasteiger partial charge in [0, 0.05) is 43.5 Å². The molecule has 7 nitrogen and oxygen atoms in total. The van der Waals surface area contributed by atoms with E-state index in [0.717, 1.165) is 50.6 Å². The number of anilines is 3. The average Bonchev–Trinajstić information content (AvgIpc) is 2.72. The van der Waals surface area contributed by atoms with Crippen molar-refractivity contribution in [2.24, 2.45) is 0 Å². The molecule has 1 aliphatic heterocycles. The van der Waals surface area contributed by atoms with E-state index in [-0.39, 0.29) is 0 Å². The summed E-state index contributed by atoms with van der Waals surface area (Å²) in [5.74, 6) is 1.14. The first-order valence-electron chi connectivity index (χ1n) is 9.45. The van der Waals surface area contributed by atoms with Gasteiger partial charge in [-0.3, -0.25) is 14.6 Å². The van der Waals surface area contributed by atoms with Gasteiger partial charge in [0.05, 0.1) is 13.2 Å². The molecule has 1 aromatic carbocycles. The lowest BCUT2D eigenvalue weighted by Gasteiger charge is -2.25. The van der Waals surface area contributed by atoms with Gasteiger partial charge < -0.3 is 15.4 Å². The zero-order valence-electron chi connectivity index (χ0n) is 15.4. The minimum atomic E-state index is -0.463. The maximum Gasteiger partial charge on any atom is 0.253 e. The van der Waals surface area contributed by atoms with Crippen LogP contribution in [-0.2, 0) is 4.74 Å². The molecule has 2 heterocycles. The molecule has 146 valence electrons. The van der Waals surface area contributed by atoms with Gasteiger partial charge in [-0.2, -0.15) is 0 Å². The van der Waals surface area contributed by atoms with Crippen LogP contribution < -0.4 is 21.5 Å². The first kappa shape index (κ1) is 19.9. The number of nitrogens with one attached hydrogen (secondary N) is 2. The Labute approximate surface area is 163 Å². The van der Waals surface area contributed by atoms with Gasteiger partial charge in [0.25, 0.3) is 10.9 Å². The summed E-state index contributed by atoms with van der Waals surface area (Å²) in [6.45, 7) is 4.42. The van der Waals surface area contributed by atoms with Gasteiger partial charge in [0.1, 0.15) is 11.4 Å². The first-order chi connectivity index (χ1) is 13.3. The van der Waals surface area contributed by atoms with Gasteiger partial charge in [-0.15, -0.1) is 0 Å². The molecule has 2 aromatic rings. The highest BCUT2D eigenvalue weighted by Gasteiger charge is 2.20. The third-order valence-corrected chi connectivity index (χ3v) is 5.68. The normalized spacial score (nSPS) is 15.1. The second kappa shape index (κ2) is 10.4. The molecule has 2 N–H and O–H groups in total. The van der Waals surface area contributed by atoms with Gasteiger partial charge in [-0.05, 0) is 25.0 Å². The molecule has 1 aromatic heterocycles. The molecular formula is C19H26N4O3S. The summed E-state index contributed by atoms with van der Waals surface area (Å²) < 4.78 is 7.72. The van der Waals surface area contributed by atoms with Crippen molar-refractivity contribution in [3.05, 3.63) is 45.0 Å². The molecule has 1 aliphatic rings. The van der Waals surface area contributed by atoms with E-state index in [4.69, 9.17) is 4.74 Å². The third-order valence-electron chi connectivity index (χ3n) is 4.48. The van der Waals surface area contributed by atoms with Crippen LogP contribution in [0.25, 0.3) is 0 Å². The maximum absolute atomic E-state index is 11.8. The number of ether oxygens (including phenoxy) is 1. The molecular weight excluding hydrogens is 364 g/mol.